The van der Waals surface area contributed by atoms with Crippen LogP contribution >= 0.6 is 0 Å². The van der Waals surface area contributed by atoms with Crippen molar-refractivity contribution >= 4 is 14.5 Å². The van der Waals surface area contributed by atoms with Gasteiger partial charge in [0.1, 0.15) is 0 Å². The van der Waals surface area contributed by atoms with Crippen LogP contribution in [0.15, 0.2) is 0 Å². The van der Waals surface area contributed by atoms with Crippen LogP contribution in [0.4, 0.5) is 34.5 Å². The van der Waals surface area contributed by atoms with Crippen molar-refractivity contribution in [2.75, 3.05) is 0 Å². The molecule has 0 aliphatic rings. The van der Waals surface area contributed by atoms with E-state index in [-0.39, 0.29) is 70.3 Å². The van der Waals surface area contributed by atoms with Crippen molar-refractivity contribution in [2.45, 2.75) is 0 Å². The fourth-order valence-electron chi connectivity index (χ4n) is 0. The van der Waals surface area contributed by atoms with Gasteiger partial charge in [0.05, 0.1) is 0 Å². The summed E-state index contributed by atoms with van der Waals surface area (Å²) >= 11 is 0. The molecule has 0 rings (SSSR count). The van der Waals surface area contributed by atoms with Gasteiger partial charge in [0.25, 0.3) is 0 Å². The van der Waals surface area contributed by atoms with Crippen LogP contribution in [0.25, 0.3) is 0 Å². The van der Waals surface area contributed by atoms with Crippen molar-refractivity contribution in [1.82, 2.24) is 0 Å². The molecule has 0 saturated heterocycles. The summed E-state index contributed by atoms with van der Waals surface area (Å²) in [6, 6.07) is 0. The number of hydrogen-bond donors (Lipinski definition) is 0. The van der Waals surface area contributed by atoms with E-state index in [0.29, 0.717) is 0 Å². The van der Waals surface area contributed by atoms with Crippen LogP contribution in [0, 0.1) is 0 Å². The Hall–Kier alpha value is 1.62. The molecule has 0 bridgehead atoms. The Kier molecular flexibility index (Phi) is 11.8. The maximum atomic E-state index is 9.75. The molecule has 0 aromatic heterocycles. The van der Waals surface area contributed by atoms with E-state index in [9.17, 15) is 34.5 Å². The standard InChI is InChI=1S/2BF4.Cs.H/c2*2-1(3,4)5;;/q2*-1;+1;-1. The first-order chi connectivity index (χ1) is 4.00. The van der Waals surface area contributed by atoms with Gasteiger partial charge in [-0.05, 0) is 0 Å². The monoisotopic (exact) mass is 308 g/mol. The van der Waals surface area contributed by atoms with Crippen molar-refractivity contribution in [3.05, 3.63) is 0 Å². The molecule has 0 saturated carbocycles. The van der Waals surface area contributed by atoms with E-state index in [1.165, 1.54) is 0 Å². The third-order valence-corrected chi connectivity index (χ3v) is 0. The summed E-state index contributed by atoms with van der Waals surface area (Å²) in [6.07, 6.45) is 0. The third kappa shape index (κ3) is 409. The quantitative estimate of drug-likeness (QED) is 0.426. The first-order valence-corrected chi connectivity index (χ1v) is 1.75. The van der Waals surface area contributed by atoms with E-state index >= 15 is 0 Å². The normalized spacial score (nSPS) is 10.9. The van der Waals surface area contributed by atoms with E-state index in [1.807, 2.05) is 0 Å². The first-order valence-electron chi connectivity index (χ1n) is 1.75. The molecule has 11 heteroatoms. The van der Waals surface area contributed by atoms with Crippen molar-refractivity contribution in [3.8, 4) is 0 Å². The van der Waals surface area contributed by atoms with Crippen LogP contribution in [0.5, 0.6) is 0 Å². The second kappa shape index (κ2) is 7.07. The molecule has 0 fully saturated rings. The summed E-state index contributed by atoms with van der Waals surface area (Å²) in [5, 5.41) is 0. The molecule has 0 unspecified atom stereocenters. The molecule has 0 amide bonds. The topological polar surface area (TPSA) is 0 Å². The molecular formula is HB2CsF8-2. The predicted molar refractivity (Wildman–Crippen MR) is 21.5 cm³/mol. The molecule has 0 N–H and O–H groups in total. The second-order valence-electron chi connectivity index (χ2n) is 0.990. The molecular weight excluding hydrogens is 307 g/mol. The summed E-state index contributed by atoms with van der Waals surface area (Å²) in [5.41, 5.74) is 0. The van der Waals surface area contributed by atoms with E-state index in [2.05, 4.69) is 0 Å². The molecule has 0 atom stereocenters. The Morgan fingerprint density at radius 2 is 0.545 bits per heavy atom. The van der Waals surface area contributed by atoms with Gasteiger partial charge >= 0.3 is 83.4 Å². The Bertz CT molecular complexity index is 60.0. The molecule has 0 aromatic rings. The van der Waals surface area contributed by atoms with Gasteiger partial charge in [0.2, 0.25) is 0 Å². The van der Waals surface area contributed by atoms with Gasteiger partial charge in [0, 0.05) is 0 Å². The third-order valence-electron chi connectivity index (χ3n) is 0. The van der Waals surface area contributed by atoms with E-state index in [1.54, 1.807) is 0 Å². The van der Waals surface area contributed by atoms with Gasteiger partial charge in [0.15, 0.2) is 0 Å². The molecule has 0 aliphatic heterocycles. The molecule has 0 spiro atoms. The fourth-order valence-corrected chi connectivity index (χ4v) is 0. The number of hydrogen-bond acceptors (Lipinski definition) is 0. The molecule has 0 nitrogen and oxygen atoms in total. The van der Waals surface area contributed by atoms with Crippen molar-refractivity contribution < 1.29 is 105 Å². The van der Waals surface area contributed by atoms with Crippen molar-refractivity contribution in [1.29, 1.82) is 0 Å². The zero-order valence-electron chi connectivity index (χ0n) is 6.18. The zero-order valence-corrected chi connectivity index (χ0v) is 11.5. The maximum absolute atomic E-state index is 9.75. The Morgan fingerprint density at radius 3 is 0.545 bits per heavy atom. The fraction of sp³-hybridized carbons (Fsp3) is 0. The summed E-state index contributed by atoms with van der Waals surface area (Å²) < 4.78 is 78.0. The SMILES string of the molecule is F[B-](F)(F)F.F[B-](F)(F)F.[Cs+].[H-]. The molecule has 0 radical (unpaired) electrons. The maximum Gasteiger partial charge on any atom is 1.00 e. The van der Waals surface area contributed by atoms with Crippen LogP contribution in [0.1, 0.15) is 1.43 Å². The van der Waals surface area contributed by atoms with E-state index in [4.69, 9.17) is 0 Å². The van der Waals surface area contributed by atoms with Gasteiger partial charge in [-0.3, -0.25) is 0 Å². The van der Waals surface area contributed by atoms with Gasteiger partial charge in [-0.2, -0.15) is 0 Å². The van der Waals surface area contributed by atoms with Gasteiger partial charge in [-0.25, -0.2) is 0 Å². The first kappa shape index (κ1) is 18.4. The second-order valence-corrected chi connectivity index (χ2v) is 0.990. The average Bonchev–Trinajstić information content (AvgIpc) is 1.12. The van der Waals surface area contributed by atoms with E-state index in [0.717, 1.165) is 0 Å². The Labute approximate surface area is 117 Å². The zero-order chi connectivity index (χ0) is 9.00. The van der Waals surface area contributed by atoms with Crippen LogP contribution < -0.4 is 68.9 Å². The number of rotatable bonds is 0. The molecule has 11 heavy (non-hydrogen) atoms. The van der Waals surface area contributed by atoms with Crippen LogP contribution in [0.2, 0.25) is 0 Å². The van der Waals surface area contributed by atoms with Crippen LogP contribution in [0.3, 0.4) is 0 Å². The van der Waals surface area contributed by atoms with Gasteiger partial charge in [-0.1, -0.05) is 0 Å². The molecule has 0 heterocycles. The van der Waals surface area contributed by atoms with E-state index < -0.39 is 14.5 Å². The van der Waals surface area contributed by atoms with Gasteiger partial charge < -0.3 is 36.0 Å². The summed E-state index contributed by atoms with van der Waals surface area (Å²) in [5.74, 6) is 0. The Balaban J connectivity index is -0.0000000457. The predicted octanol–water partition coefficient (Wildman–Crippen LogP) is -0.283. The summed E-state index contributed by atoms with van der Waals surface area (Å²) in [4.78, 5) is 0. The molecule has 0 aliphatic carbocycles. The smallest absolute Gasteiger partial charge is 1.00 e. The van der Waals surface area contributed by atoms with Crippen LogP contribution in [-0.2, 0) is 0 Å². The summed E-state index contributed by atoms with van der Waals surface area (Å²) in [6.45, 7) is 0. The minimum atomic E-state index is -6.00. The Morgan fingerprint density at radius 1 is 0.545 bits per heavy atom. The minimum absolute atomic E-state index is 0. The van der Waals surface area contributed by atoms with Crippen molar-refractivity contribution in [3.63, 3.8) is 0 Å². The minimum Gasteiger partial charge on any atom is -1.00 e. The largest absolute Gasteiger partial charge is 1.00 e. The molecule has 0 aromatic carbocycles. The average molecular weight is 308 g/mol. The molecule has 66 valence electrons. The summed E-state index contributed by atoms with van der Waals surface area (Å²) in [7, 11) is -12.0. The van der Waals surface area contributed by atoms with Crippen molar-refractivity contribution in [2.24, 2.45) is 0 Å². The van der Waals surface area contributed by atoms with Gasteiger partial charge in [-0.15, -0.1) is 0 Å². The van der Waals surface area contributed by atoms with Crippen LogP contribution in [-0.4, -0.2) is 14.5 Å². The number of halogens is 8.